The van der Waals surface area contributed by atoms with Crippen LogP contribution in [-0.2, 0) is 10.2 Å². The van der Waals surface area contributed by atoms with E-state index >= 15 is 0 Å². The molecular weight excluding hydrogens is 344 g/mol. The molecule has 0 aliphatic carbocycles. The number of aromatic nitrogens is 1. The number of nitrogens with zero attached hydrogens (tertiary/aromatic N) is 2. The van der Waals surface area contributed by atoms with Gasteiger partial charge in [0.1, 0.15) is 0 Å². The lowest BCUT2D eigenvalue weighted by Gasteiger charge is -2.34. The highest BCUT2D eigenvalue weighted by molar-refractivity contribution is 7.87. The number of pyridine rings is 1. The van der Waals surface area contributed by atoms with Gasteiger partial charge in [0.25, 0.3) is 10.2 Å². The van der Waals surface area contributed by atoms with Crippen molar-refractivity contribution in [1.29, 1.82) is 0 Å². The Bertz CT molecular complexity index is 864. The number of hydrogen-bond donors (Lipinski definition) is 2. The van der Waals surface area contributed by atoms with Crippen molar-refractivity contribution < 1.29 is 17.9 Å². The number of nitrogens with one attached hydrogen (secondary N) is 1. The van der Waals surface area contributed by atoms with E-state index in [2.05, 4.69) is 14.6 Å². The molecule has 1 aliphatic rings. The molecule has 0 amide bonds. The number of fused-ring (bicyclic) bond motifs is 1. The second-order valence-electron chi connectivity index (χ2n) is 5.98. The molecule has 9 heteroatoms. The fourth-order valence-electron chi connectivity index (χ4n) is 3.20. The summed E-state index contributed by atoms with van der Waals surface area (Å²) in [6.45, 7) is 1.45. The van der Waals surface area contributed by atoms with Gasteiger partial charge in [0.15, 0.2) is 11.5 Å². The van der Waals surface area contributed by atoms with Crippen molar-refractivity contribution in [1.82, 2.24) is 9.71 Å². The largest absolute Gasteiger partial charge is 0.493 e. The molecule has 25 heavy (non-hydrogen) atoms. The van der Waals surface area contributed by atoms with Crippen LogP contribution in [0.2, 0.25) is 0 Å². The van der Waals surface area contributed by atoms with Crippen LogP contribution in [0.5, 0.6) is 11.5 Å². The summed E-state index contributed by atoms with van der Waals surface area (Å²) in [7, 11) is -0.471. The number of nitrogens with two attached hydrogens (primary N) is 1. The van der Waals surface area contributed by atoms with E-state index in [1.165, 1.54) is 0 Å². The number of benzene rings is 1. The van der Waals surface area contributed by atoms with Gasteiger partial charge < -0.3 is 14.4 Å². The van der Waals surface area contributed by atoms with E-state index in [0.717, 1.165) is 29.7 Å². The van der Waals surface area contributed by atoms with Gasteiger partial charge in [-0.15, -0.1) is 0 Å². The van der Waals surface area contributed by atoms with Gasteiger partial charge in [-0.05, 0) is 25.0 Å². The molecule has 2 heterocycles. The quantitative estimate of drug-likeness (QED) is 0.818. The standard InChI is InChI=1S/C16H22N4O4S/c1-23-15-9-12-13(10-16(15)24-2)18-6-3-14(12)20-7-4-11(5-8-20)19-25(17,21)22/h3,6,9-11,19H,4-5,7-8H2,1-2H3,(H2,17,21,22). The fourth-order valence-corrected chi connectivity index (χ4v) is 3.90. The topological polar surface area (TPSA) is 107 Å². The molecule has 1 aromatic heterocycles. The third-order valence-corrected chi connectivity index (χ3v) is 5.05. The van der Waals surface area contributed by atoms with Gasteiger partial charge in [-0.3, -0.25) is 4.98 Å². The van der Waals surface area contributed by atoms with E-state index in [9.17, 15) is 8.42 Å². The van der Waals surface area contributed by atoms with Crippen molar-refractivity contribution in [2.45, 2.75) is 18.9 Å². The molecular formula is C16H22N4O4S. The summed E-state index contributed by atoms with van der Waals surface area (Å²) in [6, 6.07) is 5.61. The van der Waals surface area contributed by atoms with Crippen molar-refractivity contribution >= 4 is 26.8 Å². The molecule has 1 aliphatic heterocycles. The van der Waals surface area contributed by atoms with Gasteiger partial charge in [0.05, 0.1) is 19.7 Å². The first kappa shape index (κ1) is 17.7. The summed E-state index contributed by atoms with van der Waals surface area (Å²) in [4.78, 5) is 6.63. The molecule has 0 bridgehead atoms. The van der Waals surface area contributed by atoms with Crippen molar-refractivity contribution in [2.24, 2.45) is 5.14 Å². The van der Waals surface area contributed by atoms with Crippen LogP contribution in [0.15, 0.2) is 24.4 Å². The van der Waals surface area contributed by atoms with Gasteiger partial charge in [-0.2, -0.15) is 13.1 Å². The Morgan fingerprint density at radius 1 is 1.20 bits per heavy atom. The van der Waals surface area contributed by atoms with E-state index in [1.54, 1.807) is 20.4 Å². The van der Waals surface area contributed by atoms with Gasteiger partial charge in [-0.25, -0.2) is 5.14 Å². The maximum atomic E-state index is 11.2. The molecule has 0 unspecified atom stereocenters. The molecule has 136 valence electrons. The Kier molecular flexibility index (Phi) is 4.98. The fraction of sp³-hybridized carbons (Fsp3) is 0.438. The number of hydrogen-bond acceptors (Lipinski definition) is 6. The van der Waals surface area contributed by atoms with Gasteiger partial charge in [-0.1, -0.05) is 0 Å². The molecule has 1 aromatic carbocycles. The summed E-state index contributed by atoms with van der Waals surface area (Å²) < 4.78 is 35.6. The van der Waals surface area contributed by atoms with E-state index in [1.807, 2.05) is 18.2 Å². The number of ether oxygens (including phenoxy) is 2. The van der Waals surface area contributed by atoms with Crippen molar-refractivity contribution in [3.63, 3.8) is 0 Å². The molecule has 0 radical (unpaired) electrons. The summed E-state index contributed by atoms with van der Waals surface area (Å²) in [6.07, 6.45) is 3.14. The number of rotatable bonds is 5. The highest BCUT2D eigenvalue weighted by atomic mass is 32.2. The van der Waals surface area contributed by atoms with Crippen LogP contribution in [0.4, 0.5) is 5.69 Å². The lowest BCUT2D eigenvalue weighted by Crippen LogP contribution is -2.46. The Morgan fingerprint density at radius 3 is 2.44 bits per heavy atom. The third kappa shape index (κ3) is 3.94. The van der Waals surface area contributed by atoms with Crippen molar-refractivity contribution in [3.05, 3.63) is 24.4 Å². The Balaban J connectivity index is 1.87. The first-order chi connectivity index (χ1) is 11.9. The molecule has 3 N–H and O–H groups in total. The third-order valence-electron chi connectivity index (χ3n) is 4.39. The number of piperidine rings is 1. The summed E-state index contributed by atoms with van der Waals surface area (Å²) in [5.74, 6) is 1.28. The zero-order valence-corrected chi connectivity index (χ0v) is 15.0. The lowest BCUT2D eigenvalue weighted by atomic mass is 10.0. The number of anilines is 1. The van der Waals surface area contributed by atoms with Crippen LogP contribution in [-0.4, -0.2) is 46.8 Å². The predicted octanol–water partition coefficient (Wildman–Crippen LogP) is 1.01. The Labute approximate surface area is 147 Å². The van der Waals surface area contributed by atoms with E-state index in [0.29, 0.717) is 24.3 Å². The molecule has 0 atom stereocenters. The number of methoxy groups -OCH3 is 2. The van der Waals surface area contributed by atoms with Crippen LogP contribution in [0.3, 0.4) is 0 Å². The first-order valence-corrected chi connectivity index (χ1v) is 9.51. The van der Waals surface area contributed by atoms with Crippen molar-refractivity contribution in [2.75, 3.05) is 32.2 Å². The lowest BCUT2D eigenvalue weighted by molar-refractivity contribution is 0.356. The van der Waals surface area contributed by atoms with E-state index in [4.69, 9.17) is 14.6 Å². The first-order valence-electron chi connectivity index (χ1n) is 7.97. The van der Waals surface area contributed by atoms with Gasteiger partial charge in [0, 0.05) is 42.5 Å². The molecule has 1 saturated heterocycles. The predicted molar refractivity (Wildman–Crippen MR) is 96.3 cm³/mol. The summed E-state index contributed by atoms with van der Waals surface area (Å²) in [5, 5.41) is 6.03. The minimum Gasteiger partial charge on any atom is -0.493 e. The van der Waals surface area contributed by atoms with Crippen LogP contribution in [0.25, 0.3) is 10.9 Å². The van der Waals surface area contributed by atoms with Gasteiger partial charge in [0.2, 0.25) is 0 Å². The highest BCUT2D eigenvalue weighted by Crippen LogP contribution is 2.36. The molecule has 8 nitrogen and oxygen atoms in total. The molecule has 2 aromatic rings. The van der Waals surface area contributed by atoms with Crippen LogP contribution in [0.1, 0.15) is 12.8 Å². The maximum absolute atomic E-state index is 11.2. The Morgan fingerprint density at radius 2 is 1.84 bits per heavy atom. The minimum atomic E-state index is -3.67. The Hall–Kier alpha value is -2.10. The average Bonchev–Trinajstić information content (AvgIpc) is 2.59. The maximum Gasteiger partial charge on any atom is 0.274 e. The summed E-state index contributed by atoms with van der Waals surface area (Å²) in [5.41, 5.74) is 1.86. The second-order valence-corrected chi connectivity index (χ2v) is 7.30. The SMILES string of the molecule is COc1cc2nccc(N3CCC(NS(N)(=O)=O)CC3)c2cc1OC. The normalized spacial score (nSPS) is 16.2. The summed E-state index contributed by atoms with van der Waals surface area (Å²) >= 11 is 0. The smallest absolute Gasteiger partial charge is 0.274 e. The molecule has 1 fully saturated rings. The molecule has 0 spiro atoms. The zero-order chi connectivity index (χ0) is 18.0. The van der Waals surface area contributed by atoms with Crippen LogP contribution in [0, 0.1) is 0 Å². The minimum absolute atomic E-state index is 0.131. The van der Waals surface area contributed by atoms with E-state index in [-0.39, 0.29) is 6.04 Å². The molecule has 0 saturated carbocycles. The van der Waals surface area contributed by atoms with Gasteiger partial charge >= 0.3 is 0 Å². The second kappa shape index (κ2) is 7.03. The van der Waals surface area contributed by atoms with Crippen molar-refractivity contribution in [3.8, 4) is 11.5 Å². The molecule has 3 rings (SSSR count). The van der Waals surface area contributed by atoms with Crippen LogP contribution < -0.4 is 24.2 Å². The average molecular weight is 366 g/mol. The highest BCUT2D eigenvalue weighted by Gasteiger charge is 2.23. The zero-order valence-electron chi connectivity index (χ0n) is 14.2. The van der Waals surface area contributed by atoms with Crippen LogP contribution >= 0.6 is 0 Å². The van der Waals surface area contributed by atoms with E-state index < -0.39 is 10.2 Å². The monoisotopic (exact) mass is 366 g/mol.